The molecule has 0 radical (unpaired) electrons. The summed E-state index contributed by atoms with van der Waals surface area (Å²) in [4.78, 5) is 30.4. The number of pyridine rings is 1. The highest BCUT2D eigenvalue weighted by molar-refractivity contribution is 5.80. The number of para-hydroxylation sites is 1. The van der Waals surface area contributed by atoms with Gasteiger partial charge in [0.15, 0.2) is 0 Å². The lowest BCUT2D eigenvalue weighted by Gasteiger charge is -2.30. The number of nitrogens with one attached hydrogen (secondary N) is 1. The number of nitrogens with zero attached hydrogens (tertiary/aromatic N) is 2. The third-order valence-electron chi connectivity index (χ3n) is 5.00. The zero-order valence-electron chi connectivity index (χ0n) is 16.0. The van der Waals surface area contributed by atoms with Gasteiger partial charge in [-0.1, -0.05) is 18.2 Å². The highest BCUT2D eigenvalue weighted by atomic mass is 16.5. The Balaban J connectivity index is 1.75. The molecule has 2 aromatic rings. The molecule has 1 N–H and O–H groups in total. The molecule has 0 aliphatic carbocycles. The molecule has 0 atom stereocenters. The number of methoxy groups -OCH3 is 1. The van der Waals surface area contributed by atoms with Gasteiger partial charge in [-0.15, -0.1) is 0 Å². The van der Waals surface area contributed by atoms with Crippen molar-refractivity contribution in [1.82, 2.24) is 15.2 Å². The largest absolute Gasteiger partial charge is 0.496 e. The third-order valence-corrected chi connectivity index (χ3v) is 5.00. The molecule has 1 aliphatic heterocycles. The number of hydrogen-bond acceptors (Lipinski definition) is 4. The summed E-state index contributed by atoms with van der Waals surface area (Å²) < 4.78 is 5.35. The summed E-state index contributed by atoms with van der Waals surface area (Å²) in [7, 11) is 1.62. The van der Waals surface area contributed by atoms with Gasteiger partial charge < -0.3 is 15.0 Å². The number of rotatable bonds is 5. The zero-order valence-corrected chi connectivity index (χ0v) is 16.0. The van der Waals surface area contributed by atoms with E-state index >= 15 is 0 Å². The van der Waals surface area contributed by atoms with Crippen LogP contribution >= 0.6 is 0 Å². The fraction of sp³-hybridized carbons (Fsp3) is 0.381. The summed E-state index contributed by atoms with van der Waals surface area (Å²) in [6.07, 6.45) is 2.94. The average Bonchev–Trinajstić information content (AvgIpc) is 2.67. The van der Waals surface area contributed by atoms with Gasteiger partial charge >= 0.3 is 0 Å². The highest BCUT2D eigenvalue weighted by Crippen LogP contribution is 2.25. The fourth-order valence-electron chi connectivity index (χ4n) is 3.51. The lowest BCUT2D eigenvalue weighted by atomic mass is 9.94. The maximum atomic E-state index is 12.8. The van der Waals surface area contributed by atoms with Crippen molar-refractivity contribution in [3.8, 4) is 5.75 Å². The van der Waals surface area contributed by atoms with Crippen LogP contribution in [0.2, 0.25) is 0 Å². The first-order chi connectivity index (χ1) is 13.0. The number of carbonyl (C=O) groups excluding carboxylic acids is 2. The summed E-state index contributed by atoms with van der Waals surface area (Å²) in [5.41, 5.74) is 5.15. The molecule has 1 aromatic carbocycles. The number of fused-ring (bicyclic) bond motifs is 1. The maximum Gasteiger partial charge on any atom is 0.227 e. The quantitative estimate of drug-likeness (QED) is 0.879. The van der Waals surface area contributed by atoms with Gasteiger partial charge in [0, 0.05) is 44.0 Å². The first kappa shape index (κ1) is 18.9. The molecule has 0 bridgehead atoms. The van der Waals surface area contributed by atoms with Crippen LogP contribution < -0.4 is 10.1 Å². The van der Waals surface area contributed by atoms with E-state index in [0.717, 1.165) is 34.6 Å². The van der Waals surface area contributed by atoms with E-state index in [1.54, 1.807) is 7.11 Å². The molecule has 27 heavy (non-hydrogen) atoms. The molecule has 0 spiro atoms. The second kappa shape index (κ2) is 8.20. The molecule has 0 saturated carbocycles. The molecule has 1 aromatic heterocycles. The van der Waals surface area contributed by atoms with Crippen molar-refractivity contribution in [3.05, 3.63) is 58.4 Å². The second-order valence-corrected chi connectivity index (χ2v) is 6.79. The third kappa shape index (κ3) is 4.27. The molecular formula is C21H25N3O3. The number of amides is 2. The van der Waals surface area contributed by atoms with Crippen molar-refractivity contribution in [1.29, 1.82) is 0 Å². The van der Waals surface area contributed by atoms with Gasteiger partial charge in [-0.05, 0) is 36.1 Å². The number of carbonyl (C=O) groups is 2. The Kier molecular flexibility index (Phi) is 5.74. The minimum atomic E-state index is -0.0589. The van der Waals surface area contributed by atoms with E-state index in [4.69, 9.17) is 4.74 Å². The van der Waals surface area contributed by atoms with Crippen molar-refractivity contribution in [2.24, 2.45) is 0 Å². The number of benzene rings is 1. The average molecular weight is 367 g/mol. The van der Waals surface area contributed by atoms with Gasteiger partial charge in [-0.25, -0.2) is 0 Å². The van der Waals surface area contributed by atoms with Gasteiger partial charge in [0.05, 0.1) is 13.5 Å². The Morgan fingerprint density at radius 3 is 2.81 bits per heavy atom. The van der Waals surface area contributed by atoms with Crippen molar-refractivity contribution in [3.63, 3.8) is 0 Å². The first-order valence-electron chi connectivity index (χ1n) is 9.10. The summed E-state index contributed by atoms with van der Waals surface area (Å²) in [5.74, 6) is 0.753. The lowest BCUT2D eigenvalue weighted by Crippen LogP contribution is -2.38. The van der Waals surface area contributed by atoms with E-state index in [0.29, 0.717) is 26.1 Å². The minimum Gasteiger partial charge on any atom is -0.496 e. The molecule has 6 heteroatoms. The molecule has 3 rings (SSSR count). The van der Waals surface area contributed by atoms with E-state index in [1.807, 2.05) is 42.3 Å². The predicted octanol–water partition coefficient (Wildman–Crippen LogP) is 2.16. The maximum absolute atomic E-state index is 12.8. The van der Waals surface area contributed by atoms with Gasteiger partial charge in [0.1, 0.15) is 5.75 Å². The van der Waals surface area contributed by atoms with Crippen LogP contribution in [-0.2, 0) is 35.5 Å². The Hall–Kier alpha value is -2.89. The number of aryl methyl sites for hydroxylation is 1. The van der Waals surface area contributed by atoms with E-state index in [-0.39, 0.29) is 11.8 Å². The monoisotopic (exact) mass is 367 g/mol. The summed E-state index contributed by atoms with van der Waals surface area (Å²) in [6.45, 7) is 5.15. The van der Waals surface area contributed by atoms with Crippen LogP contribution in [0.25, 0.3) is 0 Å². The fourth-order valence-corrected chi connectivity index (χ4v) is 3.51. The van der Waals surface area contributed by atoms with E-state index in [9.17, 15) is 9.59 Å². The van der Waals surface area contributed by atoms with Crippen LogP contribution in [0.3, 0.4) is 0 Å². The van der Waals surface area contributed by atoms with Crippen LogP contribution in [0.15, 0.2) is 30.5 Å². The Labute approximate surface area is 159 Å². The Morgan fingerprint density at radius 1 is 1.30 bits per heavy atom. The van der Waals surface area contributed by atoms with Gasteiger partial charge in [0.2, 0.25) is 11.8 Å². The van der Waals surface area contributed by atoms with Crippen LogP contribution in [-0.4, -0.2) is 35.4 Å². The van der Waals surface area contributed by atoms with Crippen molar-refractivity contribution in [2.45, 2.75) is 39.8 Å². The summed E-state index contributed by atoms with van der Waals surface area (Å²) in [5, 5.41) is 2.86. The number of hydrogen-bond donors (Lipinski definition) is 1. The lowest BCUT2D eigenvalue weighted by molar-refractivity contribution is -0.131. The van der Waals surface area contributed by atoms with Gasteiger partial charge in [-0.3, -0.25) is 14.6 Å². The van der Waals surface area contributed by atoms with Crippen LogP contribution in [0.5, 0.6) is 5.75 Å². The van der Waals surface area contributed by atoms with E-state index in [2.05, 4.69) is 10.3 Å². The van der Waals surface area contributed by atoms with Crippen molar-refractivity contribution < 1.29 is 14.3 Å². The molecule has 0 unspecified atom stereocenters. The Bertz CT molecular complexity index is 864. The highest BCUT2D eigenvalue weighted by Gasteiger charge is 2.24. The number of aromatic nitrogens is 1. The molecule has 6 nitrogen and oxygen atoms in total. The molecule has 142 valence electrons. The smallest absolute Gasteiger partial charge is 0.227 e. The van der Waals surface area contributed by atoms with Crippen molar-refractivity contribution in [2.75, 3.05) is 13.7 Å². The second-order valence-electron chi connectivity index (χ2n) is 6.79. The standard InChI is InChI=1S/C21H25N3O3/c1-14-19(12-23-15(2)25)18-8-9-24(13-17(18)11-22-14)21(26)10-16-6-4-5-7-20(16)27-3/h4-7,11H,8-10,12-13H2,1-3H3,(H,23,25). The van der Waals surface area contributed by atoms with Gasteiger partial charge in [0.25, 0.3) is 0 Å². The van der Waals surface area contributed by atoms with Crippen LogP contribution in [0.1, 0.15) is 34.9 Å². The van der Waals surface area contributed by atoms with E-state index in [1.165, 1.54) is 12.5 Å². The summed E-state index contributed by atoms with van der Waals surface area (Å²) in [6, 6.07) is 7.60. The molecular weight excluding hydrogens is 342 g/mol. The predicted molar refractivity (Wildman–Crippen MR) is 102 cm³/mol. The first-order valence-corrected chi connectivity index (χ1v) is 9.10. The molecule has 2 amide bonds. The van der Waals surface area contributed by atoms with Crippen LogP contribution in [0.4, 0.5) is 0 Å². The molecule has 0 saturated heterocycles. The normalized spacial score (nSPS) is 13.1. The topological polar surface area (TPSA) is 71.5 Å². The minimum absolute atomic E-state index is 0.0589. The zero-order chi connectivity index (χ0) is 19.4. The molecule has 0 fully saturated rings. The van der Waals surface area contributed by atoms with Gasteiger partial charge in [-0.2, -0.15) is 0 Å². The van der Waals surface area contributed by atoms with Crippen molar-refractivity contribution >= 4 is 11.8 Å². The van der Waals surface area contributed by atoms with E-state index < -0.39 is 0 Å². The molecule has 1 aliphatic rings. The van der Waals surface area contributed by atoms with Crippen LogP contribution in [0, 0.1) is 6.92 Å². The Morgan fingerprint density at radius 2 is 2.07 bits per heavy atom. The summed E-state index contributed by atoms with van der Waals surface area (Å²) >= 11 is 0. The SMILES string of the molecule is COc1ccccc1CC(=O)N1CCc2c(cnc(C)c2CNC(C)=O)C1. The molecule has 2 heterocycles. The number of ether oxygens (including phenoxy) is 1.